The van der Waals surface area contributed by atoms with Crippen LogP contribution in [0.15, 0.2) is 47.4 Å². The molecule has 1 aliphatic heterocycles. The second-order valence-electron chi connectivity index (χ2n) is 13.1. The quantitative estimate of drug-likeness (QED) is 0.359. The van der Waals surface area contributed by atoms with E-state index in [1.165, 1.54) is 18.2 Å². The molecule has 0 radical (unpaired) electrons. The molecule has 2 aromatic carbocycles. The Morgan fingerprint density at radius 3 is 2.47 bits per heavy atom. The van der Waals surface area contributed by atoms with Crippen LogP contribution in [0.5, 0.6) is 5.75 Å². The highest BCUT2D eigenvalue weighted by atomic mass is 32.2. The third-order valence-corrected chi connectivity index (χ3v) is 9.91. The average molecular weight is 675 g/mol. The Morgan fingerprint density at radius 2 is 1.81 bits per heavy atom. The summed E-state index contributed by atoms with van der Waals surface area (Å²) in [5.74, 6) is -0.212. The molecule has 0 bridgehead atoms. The zero-order chi connectivity index (χ0) is 34.7. The number of fused-ring (bicyclic) bond motifs is 1. The van der Waals surface area contributed by atoms with Gasteiger partial charge in [-0.3, -0.25) is 14.3 Å². The predicted molar refractivity (Wildman–Crippen MR) is 184 cm³/mol. The molecule has 0 fully saturated rings. The lowest BCUT2D eigenvalue weighted by Crippen LogP contribution is -2.48. The van der Waals surface area contributed by atoms with Gasteiger partial charge in [0.25, 0.3) is 15.9 Å². The van der Waals surface area contributed by atoms with Crippen molar-refractivity contribution in [3.63, 3.8) is 0 Å². The molecule has 2 amide bonds. The third kappa shape index (κ3) is 11.5. The van der Waals surface area contributed by atoms with Crippen molar-refractivity contribution in [2.24, 2.45) is 5.92 Å². The van der Waals surface area contributed by atoms with Gasteiger partial charge in [0.2, 0.25) is 5.91 Å². The van der Waals surface area contributed by atoms with Gasteiger partial charge in [-0.1, -0.05) is 24.6 Å². The van der Waals surface area contributed by atoms with Gasteiger partial charge >= 0.3 is 0 Å². The minimum absolute atomic E-state index is 0.0410. The van der Waals surface area contributed by atoms with Crippen molar-refractivity contribution in [2.45, 2.75) is 82.9 Å². The van der Waals surface area contributed by atoms with Crippen molar-refractivity contribution >= 4 is 27.5 Å². The molecule has 1 heterocycles. The largest absolute Gasteiger partial charge is 0.490 e. The zero-order valence-corrected chi connectivity index (χ0v) is 29.9. The number of likely N-dealkylation sites (N-methyl/N-ethyl adjacent to an activating group) is 1. The standard InChI is InChI=1S/C35H54N4O7S/c1-25-13-16-30(17-14-25)47(43,44)36-29-15-18-32-31(21-29)35(42)39(27(3)24-40)22-26(2)33(45-20-9-8-11-28(4)46-32)23-38(7)34(41)12-10-19-37(5)6/h13-18,21,26-28,33,36,40H,8-12,19-20,22-24H2,1-7H3/t26-,27-,28-,33+/m1/s1. The van der Waals surface area contributed by atoms with Gasteiger partial charge < -0.3 is 29.3 Å². The highest BCUT2D eigenvalue weighted by Gasteiger charge is 2.31. The molecule has 0 saturated carbocycles. The summed E-state index contributed by atoms with van der Waals surface area (Å²) >= 11 is 0. The first-order valence-electron chi connectivity index (χ1n) is 16.5. The number of nitrogens with zero attached hydrogens (tertiary/aromatic N) is 3. The number of anilines is 1. The van der Waals surface area contributed by atoms with Crippen LogP contribution in [-0.4, -0.2) is 112 Å². The highest BCUT2D eigenvalue weighted by molar-refractivity contribution is 7.92. The monoisotopic (exact) mass is 674 g/mol. The number of carbonyl (C=O) groups is 2. The number of hydrogen-bond acceptors (Lipinski definition) is 8. The molecule has 2 N–H and O–H groups in total. The number of sulfonamides is 1. The van der Waals surface area contributed by atoms with Crippen LogP contribution in [0.3, 0.4) is 0 Å². The van der Waals surface area contributed by atoms with E-state index in [-0.39, 0.29) is 53.3 Å². The van der Waals surface area contributed by atoms with Crippen LogP contribution >= 0.6 is 0 Å². The first kappa shape index (κ1) is 38.3. The molecule has 262 valence electrons. The summed E-state index contributed by atoms with van der Waals surface area (Å²) in [6, 6.07) is 10.7. The van der Waals surface area contributed by atoms with E-state index >= 15 is 0 Å². The molecular formula is C35H54N4O7S. The molecule has 47 heavy (non-hydrogen) atoms. The average Bonchev–Trinajstić information content (AvgIpc) is 3.02. The Kier molecular flexibility index (Phi) is 14.5. The Hall–Kier alpha value is -3.19. The van der Waals surface area contributed by atoms with Crippen molar-refractivity contribution in [2.75, 3.05) is 58.7 Å². The Labute approximate surface area is 281 Å². The van der Waals surface area contributed by atoms with Crippen molar-refractivity contribution < 1.29 is 32.6 Å². The summed E-state index contributed by atoms with van der Waals surface area (Å²) in [5.41, 5.74) is 1.34. The lowest BCUT2D eigenvalue weighted by molar-refractivity contribution is -0.132. The smallest absolute Gasteiger partial charge is 0.261 e. The second kappa shape index (κ2) is 17.8. The van der Waals surface area contributed by atoms with E-state index in [1.54, 1.807) is 48.0 Å². The molecule has 0 spiro atoms. The van der Waals surface area contributed by atoms with Crippen LogP contribution in [0.2, 0.25) is 0 Å². The zero-order valence-electron chi connectivity index (χ0n) is 29.1. The first-order chi connectivity index (χ1) is 22.2. The molecule has 1 aliphatic rings. The van der Waals surface area contributed by atoms with Crippen LogP contribution in [0.25, 0.3) is 0 Å². The fraction of sp³-hybridized carbons (Fsp3) is 0.600. The molecule has 2 aromatic rings. The van der Waals surface area contributed by atoms with E-state index < -0.39 is 22.0 Å². The van der Waals surface area contributed by atoms with Crippen molar-refractivity contribution in [1.82, 2.24) is 14.7 Å². The maximum atomic E-state index is 14.3. The topological polar surface area (TPSA) is 129 Å². The second-order valence-corrected chi connectivity index (χ2v) is 14.8. The van der Waals surface area contributed by atoms with E-state index in [4.69, 9.17) is 9.47 Å². The van der Waals surface area contributed by atoms with Crippen LogP contribution in [0.1, 0.15) is 68.8 Å². The van der Waals surface area contributed by atoms with Gasteiger partial charge in [0, 0.05) is 44.8 Å². The van der Waals surface area contributed by atoms with E-state index in [0.29, 0.717) is 25.3 Å². The Morgan fingerprint density at radius 1 is 1.11 bits per heavy atom. The fourth-order valence-corrected chi connectivity index (χ4v) is 6.54. The Bertz CT molecular complexity index is 1420. The maximum Gasteiger partial charge on any atom is 0.261 e. The number of rotatable bonds is 11. The Balaban J connectivity index is 1.93. The molecule has 3 rings (SSSR count). The fourth-order valence-electron chi connectivity index (χ4n) is 5.49. The van der Waals surface area contributed by atoms with Crippen LogP contribution in [0, 0.1) is 12.8 Å². The maximum absolute atomic E-state index is 14.3. The number of aryl methyl sites for hydroxylation is 1. The van der Waals surface area contributed by atoms with Crippen molar-refractivity contribution in [3.8, 4) is 5.75 Å². The molecule has 11 nitrogen and oxygen atoms in total. The minimum Gasteiger partial charge on any atom is -0.490 e. The van der Waals surface area contributed by atoms with Gasteiger partial charge in [-0.2, -0.15) is 0 Å². The molecule has 0 unspecified atom stereocenters. The van der Waals surface area contributed by atoms with E-state index in [0.717, 1.165) is 37.8 Å². The summed E-state index contributed by atoms with van der Waals surface area (Å²) in [4.78, 5) is 32.7. The van der Waals surface area contributed by atoms with Gasteiger partial charge in [0.15, 0.2) is 0 Å². The summed E-state index contributed by atoms with van der Waals surface area (Å²) < 4.78 is 41.6. The number of aliphatic hydroxyl groups excluding tert-OH is 1. The summed E-state index contributed by atoms with van der Waals surface area (Å²) in [6.07, 6.45) is 3.00. The van der Waals surface area contributed by atoms with Gasteiger partial charge in [0.1, 0.15) is 5.75 Å². The van der Waals surface area contributed by atoms with Crippen LogP contribution in [-0.2, 0) is 19.6 Å². The van der Waals surface area contributed by atoms with Crippen molar-refractivity contribution in [1.29, 1.82) is 0 Å². The lowest BCUT2D eigenvalue weighted by atomic mass is 10.0. The number of hydrogen-bond donors (Lipinski definition) is 2. The SMILES string of the molecule is Cc1ccc(S(=O)(=O)Nc2ccc3c(c2)C(=O)N([C@H](C)CO)C[C@@H](C)[C@H](CN(C)C(=O)CCCN(C)C)OCCCC[C@@H](C)O3)cc1. The minimum atomic E-state index is -3.92. The number of ether oxygens (including phenoxy) is 2. The van der Waals surface area contributed by atoms with Gasteiger partial charge in [0.05, 0.1) is 35.3 Å². The predicted octanol–water partition coefficient (Wildman–Crippen LogP) is 4.39. The number of benzene rings is 2. The van der Waals surface area contributed by atoms with E-state index in [1.807, 2.05) is 34.9 Å². The summed E-state index contributed by atoms with van der Waals surface area (Å²) in [6.45, 7) is 9.23. The first-order valence-corrected chi connectivity index (χ1v) is 18.0. The van der Waals surface area contributed by atoms with Crippen LogP contribution in [0.4, 0.5) is 5.69 Å². The van der Waals surface area contributed by atoms with Crippen LogP contribution < -0.4 is 9.46 Å². The molecule has 4 atom stereocenters. The van der Waals surface area contributed by atoms with Gasteiger partial charge in [-0.15, -0.1) is 0 Å². The molecule has 12 heteroatoms. The highest BCUT2D eigenvalue weighted by Crippen LogP contribution is 2.29. The van der Waals surface area contributed by atoms with Gasteiger partial charge in [-0.25, -0.2) is 8.42 Å². The van der Waals surface area contributed by atoms with E-state index in [2.05, 4.69) is 9.62 Å². The molecule has 0 aromatic heterocycles. The van der Waals surface area contributed by atoms with Crippen molar-refractivity contribution in [3.05, 3.63) is 53.6 Å². The normalized spacial score (nSPS) is 20.6. The lowest BCUT2D eigenvalue weighted by Gasteiger charge is -2.36. The van der Waals surface area contributed by atoms with Gasteiger partial charge in [-0.05, 0) is 97.4 Å². The molecule has 0 aliphatic carbocycles. The third-order valence-electron chi connectivity index (χ3n) is 8.51. The number of nitrogens with one attached hydrogen (secondary N) is 1. The number of amides is 2. The van der Waals surface area contributed by atoms with E-state index in [9.17, 15) is 23.1 Å². The number of carbonyl (C=O) groups excluding carboxylic acids is 2. The molecule has 0 saturated heterocycles. The number of aliphatic hydroxyl groups is 1. The summed E-state index contributed by atoms with van der Waals surface area (Å²) in [5, 5.41) is 10.2. The summed E-state index contributed by atoms with van der Waals surface area (Å²) in [7, 11) is 1.83. The molecular weight excluding hydrogens is 620 g/mol.